The van der Waals surface area contributed by atoms with Crippen LogP contribution >= 0.6 is 0 Å². The highest BCUT2D eigenvalue weighted by Gasteiger charge is 2.33. The van der Waals surface area contributed by atoms with E-state index in [9.17, 15) is 9.59 Å². The number of benzene rings is 1. The zero-order valence-corrected chi connectivity index (χ0v) is 11.5. The molecular weight excluding hydrogens is 258 g/mol. The van der Waals surface area contributed by atoms with Gasteiger partial charge in [-0.1, -0.05) is 12.1 Å². The van der Waals surface area contributed by atoms with Crippen LogP contribution in [0.5, 0.6) is 0 Å². The van der Waals surface area contributed by atoms with Crippen LogP contribution < -0.4 is 0 Å². The zero-order valence-electron chi connectivity index (χ0n) is 11.5. The van der Waals surface area contributed by atoms with Crippen LogP contribution in [0.3, 0.4) is 0 Å². The summed E-state index contributed by atoms with van der Waals surface area (Å²) in [4.78, 5) is 24.9. The Kier molecular flexibility index (Phi) is 4.74. The second kappa shape index (κ2) is 6.52. The number of aliphatic carboxylic acids is 1. The van der Waals surface area contributed by atoms with Gasteiger partial charge in [-0.2, -0.15) is 0 Å². The SMILES string of the molecule is COCc1cccc(C(=O)N(CCC(=O)O)C2CC2)c1. The summed E-state index contributed by atoms with van der Waals surface area (Å²) in [6, 6.07) is 7.50. The Morgan fingerprint density at radius 1 is 1.40 bits per heavy atom. The largest absolute Gasteiger partial charge is 0.481 e. The minimum Gasteiger partial charge on any atom is -0.481 e. The van der Waals surface area contributed by atoms with Gasteiger partial charge in [-0.3, -0.25) is 9.59 Å². The lowest BCUT2D eigenvalue weighted by Gasteiger charge is -2.22. The molecule has 1 aromatic rings. The molecule has 1 aromatic carbocycles. The van der Waals surface area contributed by atoms with Crippen LogP contribution in [0.4, 0.5) is 0 Å². The molecule has 0 radical (unpaired) electrons. The van der Waals surface area contributed by atoms with E-state index in [2.05, 4.69) is 0 Å². The second-order valence-corrected chi connectivity index (χ2v) is 5.01. The van der Waals surface area contributed by atoms with Crippen LogP contribution in [0.2, 0.25) is 0 Å². The van der Waals surface area contributed by atoms with Gasteiger partial charge in [0.1, 0.15) is 0 Å². The van der Waals surface area contributed by atoms with Crippen molar-refractivity contribution < 1.29 is 19.4 Å². The normalized spacial score (nSPS) is 14.1. The van der Waals surface area contributed by atoms with Gasteiger partial charge in [0.15, 0.2) is 0 Å². The molecule has 1 N–H and O–H groups in total. The Morgan fingerprint density at radius 3 is 2.75 bits per heavy atom. The smallest absolute Gasteiger partial charge is 0.305 e. The Bertz CT molecular complexity index is 496. The van der Waals surface area contributed by atoms with Crippen molar-refractivity contribution in [2.45, 2.75) is 31.9 Å². The Balaban J connectivity index is 2.10. The van der Waals surface area contributed by atoms with E-state index in [1.807, 2.05) is 18.2 Å². The number of carbonyl (C=O) groups excluding carboxylic acids is 1. The van der Waals surface area contributed by atoms with Crippen LogP contribution in [0.1, 0.15) is 35.2 Å². The van der Waals surface area contributed by atoms with Gasteiger partial charge in [-0.15, -0.1) is 0 Å². The summed E-state index contributed by atoms with van der Waals surface area (Å²) < 4.78 is 5.06. The van der Waals surface area contributed by atoms with Crippen molar-refractivity contribution in [3.63, 3.8) is 0 Å². The van der Waals surface area contributed by atoms with Gasteiger partial charge in [0.2, 0.25) is 0 Å². The van der Waals surface area contributed by atoms with Gasteiger partial charge in [-0.25, -0.2) is 0 Å². The molecule has 5 nitrogen and oxygen atoms in total. The second-order valence-electron chi connectivity index (χ2n) is 5.01. The number of carboxylic acids is 1. The van der Waals surface area contributed by atoms with Crippen molar-refractivity contribution >= 4 is 11.9 Å². The minimum atomic E-state index is -0.878. The number of hydrogen-bond acceptors (Lipinski definition) is 3. The first-order valence-corrected chi connectivity index (χ1v) is 6.72. The molecule has 0 atom stereocenters. The first-order chi connectivity index (χ1) is 9.61. The highest BCUT2D eigenvalue weighted by molar-refractivity contribution is 5.95. The molecule has 108 valence electrons. The fourth-order valence-electron chi connectivity index (χ4n) is 2.18. The molecule has 0 bridgehead atoms. The number of carboxylic acid groups (broad SMARTS) is 1. The summed E-state index contributed by atoms with van der Waals surface area (Å²) >= 11 is 0. The van der Waals surface area contributed by atoms with Crippen molar-refractivity contribution in [2.24, 2.45) is 0 Å². The number of amides is 1. The average Bonchev–Trinajstić information content (AvgIpc) is 3.24. The van der Waals surface area contributed by atoms with Crippen molar-refractivity contribution in [2.75, 3.05) is 13.7 Å². The molecular formula is C15H19NO4. The molecule has 1 aliphatic carbocycles. The van der Waals surface area contributed by atoms with E-state index in [4.69, 9.17) is 9.84 Å². The average molecular weight is 277 g/mol. The number of carbonyl (C=O) groups is 2. The summed E-state index contributed by atoms with van der Waals surface area (Å²) in [5, 5.41) is 8.78. The van der Waals surface area contributed by atoms with Crippen LogP contribution in [-0.2, 0) is 16.1 Å². The maximum absolute atomic E-state index is 12.5. The number of nitrogens with zero attached hydrogens (tertiary/aromatic N) is 1. The van der Waals surface area contributed by atoms with Crippen molar-refractivity contribution in [1.82, 2.24) is 4.90 Å². The maximum Gasteiger partial charge on any atom is 0.305 e. The number of hydrogen-bond donors (Lipinski definition) is 1. The lowest BCUT2D eigenvalue weighted by Crippen LogP contribution is -2.35. The van der Waals surface area contributed by atoms with Crippen molar-refractivity contribution in [1.29, 1.82) is 0 Å². The minimum absolute atomic E-state index is 0.0139. The molecule has 1 saturated carbocycles. The Hall–Kier alpha value is -1.88. The quantitative estimate of drug-likeness (QED) is 0.826. The molecule has 0 saturated heterocycles. The fourth-order valence-corrected chi connectivity index (χ4v) is 2.18. The molecule has 0 heterocycles. The van der Waals surface area contributed by atoms with Gasteiger partial charge in [-0.05, 0) is 30.5 Å². The first-order valence-electron chi connectivity index (χ1n) is 6.72. The molecule has 1 fully saturated rings. The van der Waals surface area contributed by atoms with E-state index in [0.717, 1.165) is 18.4 Å². The number of methoxy groups -OCH3 is 1. The maximum atomic E-state index is 12.5. The monoisotopic (exact) mass is 277 g/mol. The molecule has 0 spiro atoms. The summed E-state index contributed by atoms with van der Waals surface area (Å²) in [7, 11) is 1.61. The molecule has 20 heavy (non-hydrogen) atoms. The van der Waals surface area contributed by atoms with E-state index in [-0.39, 0.29) is 24.9 Å². The van der Waals surface area contributed by atoms with E-state index in [1.54, 1.807) is 18.1 Å². The topological polar surface area (TPSA) is 66.8 Å². The van der Waals surface area contributed by atoms with Gasteiger partial charge in [0.25, 0.3) is 5.91 Å². The predicted octanol–water partition coefficient (Wildman–Crippen LogP) is 1.91. The van der Waals surface area contributed by atoms with Crippen molar-refractivity contribution in [3.8, 4) is 0 Å². The molecule has 5 heteroatoms. The van der Waals surface area contributed by atoms with E-state index >= 15 is 0 Å². The third-order valence-electron chi connectivity index (χ3n) is 3.30. The van der Waals surface area contributed by atoms with Gasteiger partial charge < -0.3 is 14.7 Å². The van der Waals surface area contributed by atoms with E-state index < -0.39 is 5.97 Å². The molecule has 0 aliphatic heterocycles. The lowest BCUT2D eigenvalue weighted by atomic mass is 10.1. The Labute approximate surface area is 118 Å². The molecule has 1 amide bonds. The standard InChI is InChI=1S/C15H19NO4/c1-20-10-11-3-2-4-12(9-11)15(19)16(13-5-6-13)8-7-14(17)18/h2-4,9,13H,5-8,10H2,1H3,(H,17,18). The van der Waals surface area contributed by atoms with Crippen LogP contribution in [-0.4, -0.2) is 41.6 Å². The predicted molar refractivity (Wildman–Crippen MR) is 73.5 cm³/mol. The Morgan fingerprint density at radius 2 is 2.15 bits per heavy atom. The van der Waals surface area contributed by atoms with Gasteiger partial charge in [0.05, 0.1) is 13.0 Å². The van der Waals surface area contributed by atoms with E-state index in [0.29, 0.717) is 12.2 Å². The lowest BCUT2D eigenvalue weighted by molar-refractivity contribution is -0.137. The van der Waals surface area contributed by atoms with Crippen molar-refractivity contribution in [3.05, 3.63) is 35.4 Å². The van der Waals surface area contributed by atoms with E-state index in [1.165, 1.54) is 0 Å². The summed E-state index contributed by atoms with van der Waals surface area (Å²) in [6.07, 6.45) is 1.91. The third-order valence-corrected chi connectivity index (χ3v) is 3.30. The highest BCUT2D eigenvalue weighted by Crippen LogP contribution is 2.28. The number of rotatable bonds is 7. The summed E-state index contributed by atoms with van der Waals surface area (Å²) in [5.74, 6) is -0.969. The zero-order chi connectivity index (χ0) is 14.5. The fraction of sp³-hybridized carbons (Fsp3) is 0.467. The van der Waals surface area contributed by atoms with Gasteiger partial charge in [0, 0.05) is 25.3 Å². The molecule has 2 rings (SSSR count). The molecule has 1 aliphatic rings. The molecule has 0 unspecified atom stereocenters. The molecule has 0 aromatic heterocycles. The van der Waals surface area contributed by atoms with Crippen LogP contribution in [0.15, 0.2) is 24.3 Å². The third kappa shape index (κ3) is 3.81. The van der Waals surface area contributed by atoms with Gasteiger partial charge >= 0.3 is 5.97 Å². The first kappa shape index (κ1) is 14.5. The van der Waals surface area contributed by atoms with Crippen LogP contribution in [0, 0.1) is 0 Å². The highest BCUT2D eigenvalue weighted by atomic mass is 16.5. The van der Waals surface area contributed by atoms with Crippen LogP contribution in [0.25, 0.3) is 0 Å². The number of ether oxygens (including phenoxy) is 1. The summed E-state index contributed by atoms with van der Waals surface area (Å²) in [5.41, 5.74) is 1.53. The summed E-state index contributed by atoms with van der Waals surface area (Å²) in [6.45, 7) is 0.729.